The topological polar surface area (TPSA) is 52.6 Å². The van der Waals surface area contributed by atoms with Crippen molar-refractivity contribution in [2.75, 3.05) is 25.6 Å². The normalized spacial score (nSPS) is 28.2. The highest BCUT2D eigenvalue weighted by molar-refractivity contribution is 8.13. The van der Waals surface area contributed by atoms with E-state index in [0.29, 0.717) is 19.1 Å². The van der Waals surface area contributed by atoms with E-state index < -0.39 is 9.05 Å². The number of hydrogen-bond acceptors (Lipinski definition) is 4. The van der Waals surface area contributed by atoms with E-state index >= 15 is 0 Å². The molecule has 0 aromatic carbocycles. The number of hydrogen-bond donors (Lipinski definition) is 0. The van der Waals surface area contributed by atoms with Crippen molar-refractivity contribution in [1.82, 2.24) is 0 Å². The van der Waals surface area contributed by atoms with Gasteiger partial charge in [0, 0.05) is 23.2 Å². The molecule has 6 heteroatoms. The number of ether oxygens (including phenoxy) is 2. The molecule has 2 unspecified atom stereocenters. The summed E-state index contributed by atoms with van der Waals surface area (Å²) >= 11 is 0. The molecule has 0 radical (unpaired) electrons. The van der Waals surface area contributed by atoms with Crippen LogP contribution in [0.1, 0.15) is 19.3 Å². The molecule has 1 aliphatic carbocycles. The van der Waals surface area contributed by atoms with Crippen LogP contribution in [0.5, 0.6) is 0 Å². The Labute approximate surface area is 101 Å². The van der Waals surface area contributed by atoms with Gasteiger partial charge in [0.05, 0.1) is 25.1 Å². The molecule has 2 fully saturated rings. The molecule has 1 saturated carbocycles. The van der Waals surface area contributed by atoms with E-state index in [2.05, 4.69) is 0 Å². The first-order valence-corrected chi connectivity index (χ1v) is 8.14. The second-order valence-corrected chi connectivity index (χ2v) is 7.44. The van der Waals surface area contributed by atoms with Crippen LogP contribution in [-0.2, 0) is 18.5 Å². The molecule has 0 amide bonds. The van der Waals surface area contributed by atoms with Crippen LogP contribution in [0.4, 0.5) is 0 Å². The first-order chi connectivity index (χ1) is 7.54. The van der Waals surface area contributed by atoms with Gasteiger partial charge in [-0.2, -0.15) is 0 Å². The van der Waals surface area contributed by atoms with Gasteiger partial charge in [0.2, 0.25) is 9.05 Å². The maximum atomic E-state index is 11.1. The van der Waals surface area contributed by atoms with Crippen molar-refractivity contribution >= 4 is 19.7 Å². The molecule has 0 aromatic heterocycles. The van der Waals surface area contributed by atoms with Gasteiger partial charge in [-0.1, -0.05) is 0 Å². The minimum absolute atomic E-state index is 0.0345. The van der Waals surface area contributed by atoms with E-state index in [1.165, 1.54) is 0 Å². The molecule has 2 atom stereocenters. The third-order valence-corrected chi connectivity index (χ3v) is 4.34. The summed E-state index contributed by atoms with van der Waals surface area (Å²) in [5.74, 6) is 0.575. The molecule has 1 saturated heterocycles. The Bertz CT molecular complexity index is 320. The molecule has 0 bridgehead atoms. The van der Waals surface area contributed by atoms with E-state index in [1.54, 1.807) is 0 Å². The minimum atomic E-state index is -3.41. The first-order valence-electron chi connectivity index (χ1n) is 5.66. The zero-order chi connectivity index (χ0) is 11.6. The van der Waals surface area contributed by atoms with E-state index in [9.17, 15) is 8.42 Å². The Morgan fingerprint density at radius 1 is 1.38 bits per heavy atom. The van der Waals surface area contributed by atoms with Gasteiger partial charge in [-0.25, -0.2) is 8.42 Å². The largest absolute Gasteiger partial charge is 0.379 e. The average molecular weight is 269 g/mol. The molecule has 0 N–H and O–H groups in total. The molecular weight excluding hydrogens is 252 g/mol. The standard InChI is InChI=1S/C10H17ClO4S/c11-16(12,13)7-9(8-1-2-8)5-15-10-3-4-14-6-10/h8-10H,1-7H2. The quantitative estimate of drug-likeness (QED) is 0.683. The van der Waals surface area contributed by atoms with Gasteiger partial charge in [-0.15, -0.1) is 0 Å². The van der Waals surface area contributed by atoms with Crippen molar-refractivity contribution in [3.05, 3.63) is 0 Å². The molecule has 2 rings (SSSR count). The van der Waals surface area contributed by atoms with E-state index in [4.69, 9.17) is 20.2 Å². The van der Waals surface area contributed by atoms with Gasteiger partial charge in [0.15, 0.2) is 0 Å². The van der Waals surface area contributed by atoms with Crippen molar-refractivity contribution in [3.63, 3.8) is 0 Å². The third-order valence-electron chi connectivity index (χ3n) is 3.14. The van der Waals surface area contributed by atoms with Gasteiger partial charge in [0.1, 0.15) is 0 Å². The lowest BCUT2D eigenvalue weighted by Crippen LogP contribution is -2.24. The molecule has 0 spiro atoms. The number of halogens is 1. The summed E-state index contributed by atoms with van der Waals surface area (Å²) in [6.45, 7) is 1.86. The van der Waals surface area contributed by atoms with Gasteiger partial charge < -0.3 is 9.47 Å². The van der Waals surface area contributed by atoms with Gasteiger partial charge in [-0.3, -0.25) is 0 Å². The van der Waals surface area contributed by atoms with Crippen molar-refractivity contribution in [1.29, 1.82) is 0 Å². The fourth-order valence-electron chi connectivity index (χ4n) is 2.05. The Kier molecular flexibility index (Phi) is 4.11. The summed E-state index contributed by atoms with van der Waals surface area (Å²) in [7, 11) is 1.87. The van der Waals surface area contributed by atoms with Gasteiger partial charge in [-0.05, 0) is 25.2 Å². The zero-order valence-corrected chi connectivity index (χ0v) is 10.7. The lowest BCUT2D eigenvalue weighted by atomic mass is 10.1. The Balaban J connectivity index is 1.78. The van der Waals surface area contributed by atoms with Gasteiger partial charge >= 0.3 is 0 Å². The third kappa shape index (κ3) is 4.20. The Hall–Kier alpha value is 0.160. The molecule has 16 heavy (non-hydrogen) atoms. The zero-order valence-electron chi connectivity index (χ0n) is 9.10. The van der Waals surface area contributed by atoms with Crippen molar-refractivity contribution in [2.24, 2.45) is 11.8 Å². The smallest absolute Gasteiger partial charge is 0.232 e. The monoisotopic (exact) mass is 268 g/mol. The molecule has 4 nitrogen and oxygen atoms in total. The molecule has 0 aromatic rings. The predicted octanol–water partition coefficient (Wildman–Crippen LogP) is 1.39. The van der Waals surface area contributed by atoms with E-state index in [1.807, 2.05) is 0 Å². The number of rotatable bonds is 6. The highest BCUT2D eigenvalue weighted by Crippen LogP contribution is 2.38. The lowest BCUT2D eigenvalue weighted by Gasteiger charge is -2.17. The van der Waals surface area contributed by atoms with Crippen LogP contribution in [0.25, 0.3) is 0 Å². The second-order valence-electron chi connectivity index (χ2n) is 4.62. The van der Waals surface area contributed by atoms with Crippen LogP contribution in [0.3, 0.4) is 0 Å². The molecule has 1 aliphatic heterocycles. The summed E-state index contributed by atoms with van der Waals surface area (Å²) < 4.78 is 33.0. The summed E-state index contributed by atoms with van der Waals surface area (Å²) in [5, 5.41) is 0. The summed E-state index contributed by atoms with van der Waals surface area (Å²) in [5.41, 5.74) is 0. The highest BCUT2D eigenvalue weighted by atomic mass is 35.7. The van der Waals surface area contributed by atoms with E-state index in [0.717, 1.165) is 25.9 Å². The summed E-state index contributed by atoms with van der Waals surface area (Å²) in [6, 6.07) is 0. The SMILES string of the molecule is O=S(=O)(Cl)CC(COC1CCOC1)C1CC1. The van der Waals surface area contributed by atoms with Crippen molar-refractivity contribution in [3.8, 4) is 0 Å². The van der Waals surface area contributed by atoms with E-state index in [-0.39, 0.29) is 17.8 Å². The summed E-state index contributed by atoms with van der Waals surface area (Å²) in [6.07, 6.45) is 3.24. The van der Waals surface area contributed by atoms with Crippen molar-refractivity contribution in [2.45, 2.75) is 25.4 Å². The first kappa shape index (κ1) is 12.6. The Morgan fingerprint density at radius 3 is 2.62 bits per heavy atom. The molecule has 2 aliphatic rings. The Morgan fingerprint density at radius 2 is 2.12 bits per heavy atom. The van der Waals surface area contributed by atoms with Crippen molar-refractivity contribution < 1.29 is 17.9 Å². The maximum Gasteiger partial charge on any atom is 0.232 e. The van der Waals surface area contributed by atoms with Crippen LogP contribution >= 0.6 is 10.7 Å². The predicted molar refractivity (Wildman–Crippen MR) is 61.0 cm³/mol. The fraction of sp³-hybridized carbons (Fsp3) is 1.00. The van der Waals surface area contributed by atoms with Crippen LogP contribution in [0.2, 0.25) is 0 Å². The van der Waals surface area contributed by atoms with Crippen LogP contribution in [0.15, 0.2) is 0 Å². The fourth-order valence-corrected chi connectivity index (χ4v) is 3.41. The summed E-state index contributed by atoms with van der Waals surface area (Å²) in [4.78, 5) is 0. The highest BCUT2D eigenvalue weighted by Gasteiger charge is 2.34. The maximum absolute atomic E-state index is 11.1. The van der Waals surface area contributed by atoms with Crippen LogP contribution in [0, 0.1) is 11.8 Å². The minimum Gasteiger partial charge on any atom is -0.379 e. The molecular formula is C10H17ClO4S. The molecule has 94 valence electrons. The van der Waals surface area contributed by atoms with Gasteiger partial charge in [0.25, 0.3) is 0 Å². The van der Waals surface area contributed by atoms with Crippen LogP contribution in [-0.4, -0.2) is 40.1 Å². The molecule has 1 heterocycles. The second kappa shape index (κ2) is 5.21. The lowest BCUT2D eigenvalue weighted by molar-refractivity contribution is 0.0219. The average Bonchev–Trinajstić information content (AvgIpc) is 2.89. The van der Waals surface area contributed by atoms with Crippen LogP contribution < -0.4 is 0 Å².